The Morgan fingerprint density at radius 3 is 2.55 bits per heavy atom. The van der Waals surface area contributed by atoms with Gasteiger partial charge in [0.1, 0.15) is 4.88 Å². The van der Waals surface area contributed by atoms with E-state index in [4.69, 9.17) is 4.74 Å². The zero-order valence-electron chi connectivity index (χ0n) is 11.7. The quantitative estimate of drug-likeness (QED) is 0.596. The molecule has 6 heteroatoms. The van der Waals surface area contributed by atoms with Crippen LogP contribution >= 0.6 is 11.3 Å². The average molecular weight is 294 g/mol. The number of hydrogen-bond donors (Lipinski definition) is 0. The summed E-state index contributed by atoms with van der Waals surface area (Å²) in [6.45, 7) is 2.46. The molecule has 20 heavy (non-hydrogen) atoms. The van der Waals surface area contributed by atoms with Crippen LogP contribution in [0.25, 0.3) is 0 Å². The molecular formula is C14H18N2O3S. The molecule has 5 nitrogen and oxygen atoms in total. The molecule has 1 aromatic heterocycles. The third-order valence-electron chi connectivity index (χ3n) is 3.70. The van der Waals surface area contributed by atoms with Crippen LogP contribution < -0.4 is 4.90 Å². The summed E-state index contributed by atoms with van der Waals surface area (Å²) in [5, 5.41) is 0.796. The molecule has 0 amide bonds. The first kappa shape index (κ1) is 13.5. The van der Waals surface area contributed by atoms with E-state index in [2.05, 4.69) is 9.88 Å². The maximum absolute atomic E-state index is 11.7. The second kappa shape index (κ2) is 5.16. The van der Waals surface area contributed by atoms with Gasteiger partial charge in [-0.05, 0) is 31.6 Å². The summed E-state index contributed by atoms with van der Waals surface area (Å²) in [4.78, 5) is 30.5. The molecule has 0 radical (unpaired) electrons. The van der Waals surface area contributed by atoms with Gasteiger partial charge in [0.05, 0.1) is 7.11 Å². The van der Waals surface area contributed by atoms with E-state index in [0.29, 0.717) is 10.9 Å². The van der Waals surface area contributed by atoms with Gasteiger partial charge in [-0.25, -0.2) is 9.78 Å². The van der Waals surface area contributed by atoms with E-state index >= 15 is 0 Å². The van der Waals surface area contributed by atoms with Crippen LogP contribution in [0.5, 0.6) is 0 Å². The number of hydrogen-bond acceptors (Lipinski definition) is 6. The van der Waals surface area contributed by atoms with Crippen LogP contribution in [0.1, 0.15) is 52.8 Å². The fourth-order valence-electron chi connectivity index (χ4n) is 2.25. The van der Waals surface area contributed by atoms with E-state index in [1.807, 2.05) is 0 Å². The number of esters is 1. The van der Waals surface area contributed by atoms with Gasteiger partial charge in [-0.1, -0.05) is 11.3 Å². The lowest BCUT2D eigenvalue weighted by Crippen LogP contribution is -2.28. The van der Waals surface area contributed by atoms with Crippen molar-refractivity contribution in [2.45, 2.75) is 38.6 Å². The van der Waals surface area contributed by atoms with E-state index in [-0.39, 0.29) is 11.5 Å². The van der Waals surface area contributed by atoms with Crippen molar-refractivity contribution in [1.82, 2.24) is 4.98 Å². The molecule has 0 saturated heterocycles. The van der Waals surface area contributed by atoms with Crippen LogP contribution in [-0.4, -0.2) is 36.4 Å². The molecule has 0 N–H and O–H groups in total. The minimum absolute atomic E-state index is 0.128. The van der Waals surface area contributed by atoms with Gasteiger partial charge < -0.3 is 9.64 Å². The summed E-state index contributed by atoms with van der Waals surface area (Å²) in [6.07, 6.45) is 4.90. The van der Waals surface area contributed by atoms with Gasteiger partial charge in [-0.3, -0.25) is 4.79 Å². The molecule has 2 aliphatic rings. The van der Waals surface area contributed by atoms with Crippen LogP contribution in [0.2, 0.25) is 0 Å². The smallest absolute Gasteiger partial charge is 0.358 e. The van der Waals surface area contributed by atoms with Crippen molar-refractivity contribution in [3.8, 4) is 0 Å². The number of ether oxygens (including phenoxy) is 1. The lowest BCUT2D eigenvalue weighted by atomic mass is 10.3. The summed E-state index contributed by atoms with van der Waals surface area (Å²) in [7, 11) is 1.31. The molecule has 0 atom stereocenters. The van der Waals surface area contributed by atoms with E-state index in [1.54, 1.807) is 0 Å². The van der Waals surface area contributed by atoms with Gasteiger partial charge in [0.2, 0.25) is 0 Å². The monoisotopic (exact) mass is 294 g/mol. The standard InChI is InChI=1S/C14H18N2O3S/c1-8(17)12-11(13(18)19-2)15-14(20-12)16(10-5-6-10)7-9-3-4-9/h9-10H,3-7H2,1-2H3. The van der Waals surface area contributed by atoms with Crippen molar-refractivity contribution < 1.29 is 14.3 Å². The Morgan fingerprint density at radius 2 is 2.05 bits per heavy atom. The lowest BCUT2D eigenvalue weighted by molar-refractivity contribution is 0.0591. The molecule has 0 aliphatic heterocycles. The molecule has 1 heterocycles. The van der Waals surface area contributed by atoms with Gasteiger partial charge in [0.15, 0.2) is 16.6 Å². The van der Waals surface area contributed by atoms with Crippen molar-refractivity contribution in [3.63, 3.8) is 0 Å². The number of ketones is 1. The molecular weight excluding hydrogens is 276 g/mol. The highest BCUT2D eigenvalue weighted by Gasteiger charge is 2.36. The van der Waals surface area contributed by atoms with Crippen molar-refractivity contribution in [2.24, 2.45) is 5.92 Å². The lowest BCUT2D eigenvalue weighted by Gasteiger charge is -2.20. The van der Waals surface area contributed by atoms with Crippen molar-refractivity contribution >= 4 is 28.2 Å². The molecule has 2 saturated carbocycles. The third-order valence-corrected chi connectivity index (χ3v) is 4.89. The molecule has 1 aromatic rings. The number of anilines is 1. The van der Waals surface area contributed by atoms with Crippen LogP contribution in [0.4, 0.5) is 5.13 Å². The summed E-state index contributed by atoms with van der Waals surface area (Å²) in [5.41, 5.74) is 0.168. The normalized spacial score (nSPS) is 17.9. The highest BCUT2D eigenvalue weighted by atomic mass is 32.1. The van der Waals surface area contributed by atoms with Crippen molar-refractivity contribution in [1.29, 1.82) is 0 Å². The summed E-state index contributed by atoms with van der Waals surface area (Å²) < 4.78 is 4.72. The first-order chi connectivity index (χ1) is 9.60. The molecule has 0 unspecified atom stereocenters. The first-order valence-corrected chi connectivity index (χ1v) is 7.78. The molecule has 108 valence electrons. The van der Waals surface area contributed by atoms with Gasteiger partial charge in [-0.2, -0.15) is 0 Å². The SMILES string of the molecule is COC(=O)c1nc(N(CC2CC2)C2CC2)sc1C(C)=O. The van der Waals surface area contributed by atoms with Crippen LogP contribution in [0.3, 0.4) is 0 Å². The first-order valence-electron chi connectivity index (χ1n) is 6.97. The van der Waals surface area contributed by atoms with E-state index in [0.717, 1.165) is 17.6 Å². The van der Waals surface area contributed by atoms with Gasteiger partial charge in [0.25, 0.3) is 0 Å². The zero-order valence-corrected chi connectivity index (χ0v) is 12.5. The number of carbonyl (C=O) groups excluding carboxylic acids is 2. The Labute approximate surface area is 121 Å². The van der Waals surface area contributed by atoms with Gasteiger partial charge in [0, 0.05) is 19.5 Å². The topological polar surface area (TPSA) is 59.5 Å². The second-order valence-corrected chi connectivity index (χ2v) is 6.53. The average Bonchev–Trinajstić information content (AvgIpc) is 3.32. The number of rotatable bonds is 6. The van der Waals surface area contributed by atoms with Crippen LogP contribution in [-0.2, 0) is 4.74 Å². The minimum Gasteiger partial charge on any atom is -0.464 e. The van der Waals surface area contributed by atoms with Gasteiger partial charge in [-0.15, -0.1) is 0 Å². The Morgan fingerprint density at radius 1 is 1.35 bits per heavy atom. The highest BCUT2D eigenvalue weighted by molar-refractivity contribution is 7.17. The Kier molecular flexibility index (Phi) is 3.50. The van der Waals surface area contributed by atoms with E-state index in [9.17, 15) is 9.59 Å². The Hall–Kier alpha value is -1.43. The van der Waals surface area contributed by atoms with Crippen molar-refractivity contribution in [3.05, 3.63) is 10.6 Å². The fraction of sp³-hybridized carbons (Fsp3) is 0.643. The predicted molar refractivity (Wildman–Crippen MR) is 76.6 cm³/mol. The Balaban J connectivity index is 1.91. The molecule has 2 aliphatic carbocycles. The highest BCUT2D eigenvalue weighted by Crippen LogP contribution is 2.40. The van der Waals surface area contributed by atoms with Crippen molar-refractivity contribution in [2.75, 3.05) is 18.6 Å². The maximum Gasteiger partial charge on any atom is 0.358 e. The number of Topliss-reactive ketones (excluding diaryl/α,β-unsaturated/α-hetero) is 1. The number of nitrogens with zero attached hydrogens (tertiary/aromatic N) is 2. The largest absolute Gasteiger partial charge is 0.464 e. The molecule has 0 spiro atoms. The van der Waals surface area contributed by atoms with Crippen LogP contribution in [0, 0.1) is 5.92 Å². The van der Waals surface area contributed by atoms with Gasteiger partial charge >= 0.3 is 5.97 Å². The predicted octanol–water partition coefficient (Wildman–Crippen LogP) is 2.51. The summed E-state index contributed by atoms with van der Waals surface area (Å²) in [5.74, 6) is 0.0954. The van der Waals surface area contributed by atoms with E-state index < -0.39 is 5.97 Å². The summed E-state index contributed by atoms with van der Waals surface area (Å²) >= 11 is 1.32. The van der Waals surface area contributed by atoms with Crippen LogP contribution in [0.15, 0.2) is 0 Å². The third kappa shape index (κ3) is 2.70. The number of carbonyl (C=O) groups is 2. The zero-order chi connectivity index (χ0) is 14.3. The second-order valence-electron chi connectivity index (χ2n) is 5.55. The number of aromatic nitrogens is 1. The molecule has 2 fully saturated rings. The maximum atomic E-state index is 11.7. The molecule has 0 bridgehead atoms. The Bertz CT molecular complexity index is 547. The minimum atomic E-state index is -0.528. The number of thiazole rings is 1. The number of methoxy groups -OCH3 is 1. The fourth-order valence-corrected chi connectivity index (χ4v) is 3.28. The summed E-state index contributed by atoms with van der Waals surface area (Å²) in [6, 6.07) is 0.534. The molecule has 3 rings (SSSR count). The molecule has 0 aromatic carbocycles. The van der Waals surface area contributed by atoms with E-state index in [1.165, 1.54) is 51.1 Å².